The van der Waals surface area contributed by atoms with E-state index >= 15 is 0 Å². The van der Waals surface area contributed by atoms with Gasteiger partial charge in [-0.1, -0.05) is 0 Å². The summed E-state index contributed by atoms with van der Waals surface area (Å²) in [5.41, 5.74) is -0.859. The molecule has 0 aromatic carbocycles. The number of piperidine rings is 1. The molecular weight excluding hydrogens is 237 g/mol. The zero-order valence-corrected chi connectivity index (χ0v) is 9.68. The van der Waals surface area contributed by atoms with Crippen LogP contribution in [0.3, 0.4) is 0 Å². The van der Waals surface area contributed by atoms with Gasteiger partial charge < -0.3 is 10.4 Å². The Hall–Kier alpha value is -0.820. The molecule has 4 nitrogen and oxygen atoms in total. The zero-order chi connectivity index (χ0) is 13.1. The average molecular weight is 254 g/mol. The maximum atomic E-state index is 11.8. The molecular formula is C10H17F3N2O2. The van der Waals surface area contributed by atoms with Crippen molar-refractivity contribution in [1.82, 2.24) is 10.2 Å². The lowest BCUT2D eigenvalue weighted by Crippen LogP contribution is -2.50. The van der Waals surface area contributed by atoms with Gasteiger partial charge in [0, 0.05) is 6.54 Å². The minimum Gasteiger partial charge on any atom is -0.389 e. The van der Waals surface area contributed by atoms with E-state index in [1.807, 2.05) is 5.32 Å². The predicted molar refractivity (Wildman–Crippen MR) is 55.4 cm³/mol. The third-order valence-electron chi connectivity index (χ3n) is 2.61. The minimum atomic E-state index is -4.39. The number of rotatable bonds is 3. The number of nitrogens with one attached hydrogen (secondary N) is 1. The van der Waals surface area contributed by atoms with Gasteiger partial charge in [0.15, 0.2) is 0 Å². The molecule has 1 atom stereocenters. The summed E-state index contributed by atoms with van der Waals surface area (Å²) in [5, 5.41) is 11.6. The van der Waals surface area contributed by atoms with Crippen LogP contribution >= 0.6 is 0 Å². The maximum absolute atomic E-state index is 11.8. The molecule has 0 aromatic rings. The Bertz CT molecular complexity index is 279. The summed E-state index contributed by atoms with van der Waals surface area (Å²) >= 11 is 0. The molecule has 0 radical (unpaired) electrons. The van der Waals surface area contributed by atoms with Gasteiger partial charge >= 0.3 is 6.18 Å². The van der Waals surface area contributed by atoms with Crippen molar-refractivity contribution in [2.24, 2.45) is 0 Å². The molecule has 2 N–H and O–H groups in total. The Balaban J connectivity index is 2.31. The first-order chi connectivity index (χ1) is 7.68. The lowest BCUT2D eigenvalue weighted by molar-refractivity contribution is -0.139. The van der Waals surface area contributed by atoms with Gasteiger partial charge in [0.2, 0.25) is 5.91 Å². The first-order valence-electron chi connectivity index (χ1n) is 5.46. The molecule has 1 heterocycles. The molecule has 1 rings (SSSR count). The van der Waals surface area contributed by atoms with Crippen LogP contribution in [0.4, 0.5) is 13.2 Å². The quantitative estimate of drug-likeness (QED) is 0.771. The summed E-state index contributed by atoms with van der Waals surface area (Å²) in [6.07, 6.45) is -3.00. The highest BCUT2D eigenvalue weighted by atomic mass is 19.4. The standard InChI is InChI=1S/C10H17F3N2O2/c1-9(17)3-2-4-15(7-9)5-8(16)14-6-10(11,12)13/h17H,2-7H2,1H3,(H,14,16). The van der Waals surface area contributed by atoms with Crippen molar-refractivity contribution in [1.29, 1.82) is 0 Å². The van der Waals surface area contributed by atoms with Crippen LogP contribution in [0.1, 0.15) is 19.8 Å². The fourth-order valence-electron chi connectivity index (χ4n) is 1.92. The van der Waals surface area contributed by atoms with Crippen molar-refractivity contribution in [3.63, 3.8) is 0 Å². The molecule has 0 aliphatic carbocycles. The smallest absolute Gasteiger partial charge is 0.389 e. The van der Waals surface area contributed by atoms with E-state index in [0.717, 1.165) is 6.42 Å². The van der Waals surface area contributed by atoms with Gasteiger partial charge in [-0.2, -0.15) is 13.2 Å². The second kappa shape index (κ2) is 5.22. The predicted octanol–water partition coefficient (Wildman–Crippen LogP) is 0.512. The molecule has 0 saturated carbocycles. The van der Waals surface area contributed by atoms with E-state index < -0.39 is 24.2 Å². The number of amides is 1. The molecule has 1 fully saturated rings. The number of aliphatic hydroxyl groups is 1. The number of hydrogen-bond acceptors (Lipinski definition) is 3. The van der Waals surface area contributed by atoms with Crippen molar-refractivity contribution in [3.05, 3.63) is 0 Å². The average Bonchev–Trinajstić information content (AvgIpc) is 2.12. The van der Waals surface area contributed by atoms with Crippen LogP contribution in [0.15, 0.2) is 0 Å². The topological polar surface area (TPSA) is 52.6 Å². The number of alkyl halides is 3. The van der Waals surface area contributed by atoms with Crippen LogP contribution in [0.2, 0.25) is 0 Å². The first-order valence-corrected chi connectivity index (χ1v) is 5.46. The number of carbonyl (C=O) groups is 1. The van der Waals surface area contributed by atoms with E-state index in [9.17, 15) is 23.1 Å². The molecule has 1 unspecified atom stereocenters. The van der Waals surface area contributed by atoms with E-state index in [-0.39, 0.29) is 6.54 Å². The largest absolute Gasteiger partial charge is 0.405 e. The fourth-order valence-corrected chi connectivity index (χ4v) is 1.92. The molecule has 0 aromatic heterocycles. The lowest BCUT2D eigenvalue weighted by Gasteiger charge is -2.36. The highest BCUT2D eigenvalue weighted by Crippen LogP contribution is 2.19. The van der Waals surface area contributed by atoms with Crippen molar-refractivity contribution in [2.75, 3.05) is 26.2 Å². The van der Waals surface area contributed by atoms with Gasteiger partial charge in [-0.3, -0.25) is 9.69 Å². The van der Waals surface area contributed by atoms with E-state index in [0.29, 0.717) is 19.5 Å². The SMILES string of the molecule is CC1(O)CCCN(CC(=O)NCC(F)(F)F)C1. The summed E-state index contributed by atoms with van der Waals surface area (Å²) in [4.78, 5) is 12.9. The minimum absolute atomic E-state index is 0.105. The zero-order valence-electron chi connectivity index (χ0n) is 9.68. The summed E-state index contributed by atoms with van der Waals surface area (Å²) in [6.45, 7) is 1.18. The number of halogens is 3. The van der Waals surface area contributed by atoms with Crippen LogP contribution < -0.4 is 5.32 Å². The lowest BCUT2D eigenvalue weighted by atomic mass is 9.95. The highest BCUT2D eigenvalue weighted by Gasteiger charge is 2.31. The summed E-state index contributed by atoms with van der Waals surface area (Å²) in [7, 11) is 0. The first kappa shape index (κ1) is 14.2. The number of hydrogen-bond donors (Lipinski definition) is 2. The van der Waals surface area contributed by atoms with Crippen molar-refractivity contribution in [3.8, 4) is 0 Å². The third kappa shape index (κ3) is 5.88. The van der Waals surface area contributed by atoms with Gasteiger partial charge in [-0.25, -0.2) is 0 Å². The van der Waals surface area contributed by atoms with Gasteiger partial charge in [0.05, 0.1) is 12.1 Å². The monoisotopic (exact) mass is 254 g/mol. The van der Waals surface area contributed by atoms with Crippen LogP contribution in [-0.2, 0) is 4.79 Å². The molecule has 0 spiro atoms. The van der Waals surface area contributed by atoms with Crippen LogP contribution in [0, 0.1) is 0 Å². The Morgan fingerprint density at radius 1 is 1.53 bits per heavy atom. The van der Waals surface area contributed by atoms with Crippen molar-refractivity contribution < 1.29 is 23.1 Å². The molecule has 1 aliphatic heterocycles. The Labute approximate surface area is 97.8 Å². The van der Waals surface area contributed by atoms with Gasteiger partial charge in [-0.05, 0) is 26.3 Å². The Kier molecular flexibility index (Phi) is 4.37. The van der Waals surface area contributed by atoms with Crippen LogP contribution in [0.5, 0.6) is 0 Å². The number of likely N-dealkylation sites (tertiary alicyclic amines) is 1. The normalized spacial score (nSPS) is 26.9. The van der Waals surface area contributed by atoms with E-state index in [2.05, 4.69) is 0 Å². The number of carbonyl (C=O) groups excluding carboxylic acids is 1. The van der Waals surface area contributed by atoms with Gasteiger partial charge in [-0.15, -0.1) is 0 Å². The highest BCUT2D eigenvalue weighted by molar-refractivity contribution is 5.78. The second-order valence-corrected chi connectivity index (χ2v) is 4.70. The summed E-state index contributed by atoms with van der Waals surface area (Å²) in [6, 6.07) is 0. The summed E-state index contributed by atoms with van der Waals surface area (Å²) in [5.74, 6) is -0.667. The molecule has 1 saturated heterocycles. The molecule has 7 heteroatoms. The van der Waals surface area contributed by atoms with Crippen LogP contribution in [0.25, 0.3) is 0 Å². The summed E-state index contributed by atoms with van der Waals surface area (Å²) < 4.78 is 35.5. The molecule has 0 bridgehead atoms. The maximum Gasteiger partial charge on any atom is 0.405 e. The van der Waals surface area contributed by atoms with E-state index in [4.69, 9.17) is 0 Å². The Morgan fingerprint density at radius 3 is 2.71 bits per heavy atom. The second-order valence-electron chi connectivity index (χ2n) is 4.70. The molecule has 17 heavy (non-hydrogen) atoms. The number of β-amino-alcohol motifs (C(OH)–C–C–N with tert-alkyl or cyclic N) is 1. The molecule has 1 amide bonds. The van der Waals surface area contributed by atoms with Crippen molar-refractivity contribution in [2.45, 2.75) is 31.5 Å². The van der Waals surface area contributed by atoms with Gasteiger partial charge in [0.25, 0.3) is 0 Å². The van der Waals surface area contributed by atoms with E-state index in [1.165, 1.54) is 0 Å². The fraction of sp³-hybridized carbons (Fsp3) is 0.900. The number of nitrogens with zero attached hydrogens (tertiary/aromatic N) is 1. The third-order valence-corrected chi connectivity index (χ3v) is 2.61. The molecule has 1 aliphatic rings. The van der Waals surface area contributed by atoms with Gasteiger partial charge in [0.1, 0.15) is 6.54 Å². The van der Waals surface area contributed by atoms with E-state index in [1.54, 1.807) is 11.8 Å². The Morgan fingerprint density at radius 2 is 2.18 bits per heavy atom. The molecule has 100 valence electrons. The van der Waals surface area contributed by atoms with Crippen LogP contribution in [-0.4, -0.2) is 53.9 Å². The van der Waals surface area contributed by atoms with Crippen molar-refractivity contribution >= 4 is 5.91 Å².